The fourth-order valence-electron chi connectivity index (χ4n) is 5.56. The van der Waals surface area contributed by atoms with Crippen molar-refractivity contribution in [3.8, 4) is 16.9 Å². The highest BCUT2D eigenvalue weighted by atomic mass is 32.2. The van der Waals surface area contributed by atoms with Crippen LogP contribution in [0.2, 0.25) is 0 Å². The van der Waals surface area contributed by atoms with E-state index in [2.05, 4.69) is 0 Å². The van der Waals surface area contributed by atoms with Gasteiger partial charge in [-0.15, -0.1) is 0 Å². The molecule has 6 aromatic carbocycles. The van der Waals surface area contributed by atoms with Crippen LogP contribution in [0.5, 0.6) is 5.75 Å². The largest absolute Gasteiger partial charge is 0.534 e. The summed E-state index contributed by atoms with van der Waals surface area (Å²) in [6, 6.07) is 35.1. The highest BCUT2D eigenvalue weighted by Gasteiger charge is 2.49. The highest BCUT2D eigenvalue weighted by molar-refractivity contribution is 7.88. The molecule has 6 aromatic rings. The average molecular weight is 631 g/mol. The molecule has 9 heteroatoms. The van der Waals surface area contributed by atoms with Gasteiger partial charge in [-0.2, -0.15) is 21.6 Å². The molecule has 0 fully saturated rings. The van der Waals surface area contributed by atoms with Crippen molar-refractivity contribution >= 4 is 54.7 Å². The molecule has 0 radical (unpaired) electrons. The van der Waals surface area contributed by atoms with Gasteiger partial charge in [-0.25, -0.2) is 0 Å². The highest BCUT2D eigenvalue weighted by Crippen LogP contribution is 2.50. The Labute approximate surface area is 253 Å². The smallest absolute Gasteiger partial charge is 0.375 e. The Morgan fingerprint density at radius 3 is 1.57 bits per heavy atom. The summed E-state index contributed by atoms with van der Waals surface area (Å²) in [5, 5.41) is 3.81. The Balaban J connectivity index is 1.84. The summed E-state index contributed by atoms with van der Waals surface area (Å²) in [5.74, 6) is -0.511. The molecule has 44 heavy (non-hydrogen) atoms. The lowest BCUT2D eigenvalue weighted by Gasteiger charge is -2.26. The molecule has 0 aliphatic carbocycles. The SMILES string of the molecule is Cc1ccc2ccc(OS(=O)(=O)C(F)(F)F)c(-c3c(P(=O)(c4ccccc4)c4ccccc4)ccc4ccc(C)cc34)c2c1. The van der Waals surface area contributed by atoms with Crippen LogP contribution < -0.4 is 20.1 Å². The maximum atomic E-state index is 15.8. The first-order valence-electron chi connectivity index (χ1n) is 13.7. The summed E-state index contributed by atoms with van der Waals surface area (Å²) < 4.78 is 86.6. The molecule has 0 aromatic heterocycles. The summed E-state index contributed by atoms with van der Waals surface area (Å²) in [4.78, 5) is 0. The molecular weight excluding hydrogens is 604 g/mol. The third kappa shape index (κ3) is 5.08. The third-order valence-corrected chi connectivity index (χ3v) is 11.7. The lowest BCUT2D eigenvalue weighted by molar-refractivity contribution is -0.0499. The van der Waals surface area contributed by atoms with E-state index in [0.29, 0.717) is 37.6 Å². The van der Waals surface area contributed by atoms with Crippen LogP contribution in [0.4, 0.5) is 13.2 Å². The van der Waals surface area contributed by atoms with Crippen molar-refractivity contribution in [2.45, 2.75) is 19.4 Å². The first-order valence-corrected chi connectivity index (χ1v) is 16.8. The van der Waals surface area contributed by atoms with Gasteiger partial charge in [-0.3, -0.25) is 0 Å². The lowest BCUT2D eigenvalue weighted by atomic mass is 9.91. The molecule has 0 aliphatic rings. The maximum absolute atomic E-state index is 15.8. The second-order valence-corrected chi connectivity index (χ2v) is 14.9. The number of hydrogen-bond donors (Lipinski definition) is 0. The second kappa shape index (κ2) is 11.0. The minimum Gasteiger partial charge on any atom is -0.375 e. The minimum absolute atomic E-state index is 0.109. The number of benzene rings is 6. The van der Waals surface area contributed by atoms with Crippen LogP contribution >= 0.6 is 7.14 Å². The van der Waals surface area contributed by atoms with E-state index in [1.54, 1.807) is 66.7 Å². The van der Waals surface area contributed by atoms with E-state index >= 15 is 4.57 Å². The molecule has 0 amide bonds. The molecule has 4 nitrogen and oxygen atoms in total. The van der Waals surface area contributed by atoms with Gasteiger partial charge in [0.25, 0.3) is 0 Å². The summed E-state index contributed by atoms with van der Waals surface area (Å²) in [5.41, 5.74) is -3.56. The topological polar surface area (TPSA) is 60.4 Å². The number of aryl methyl sites for hydroxylation is 2. The van der Waals surface area contributed by atoms with Gasteiger partial charge >= 0.3 is 15.6 Å². The van der Waals surface area contributed by atoms with Gasteiger partial charge < -0.3 is 8.75 Å². The van der Waals surface area contributed by atoms with Crippen molar-refractivity contribution in [3.63, 3.8) is 0 Å². The molecule has 0 saturated carbocycles. The van der Waals surface area contributed by atoms with Crippen LogP contribution in [0.3, 0.4) is 0 Å². The van der Waals surface area contributed by atoms with Gasteiger partial charge in [0, 0.05) is 27.0 Å². The van der Waals surface area contributed by atoms with Gasteiger partial charge in [0.2, 0.25) is 0 Å². The molecule has 0 N–H and O–H groups in total. The fourth-order valence-corrected chi connectivity index (χ4v) is 8.90. The Hall–Kier alpha value is -4.39. The standard InChI is InChI=1S/C35H26F3O4PS/c1-23-13-15-25-17-19-31(42-44(40,41)35(36,37)38)33(29(25)21-23)34-30-22-24(2)14-16-26(30)18-20-32(34)43(39,27-9-5-3-6-10-27)28-11-7-4-8-12-28/h3-22H,1-2H3. The number of fused-ring (bicyclic) bond motifs is 2. The minimum atomic E-state index is -6.04. The summed E-state index contributed by atoms with van der Waals surface area (Å²) >= 11 is 0. The first kappa shape index (κ1) is 29.7. The average Bonchev–Trinajstić information content (AvgIpc) is 3.00. The molecule has 6 rings (SSSR count). The van der Waals surface area contributed by atoms with Crippen LogP contribution in [0.1, 0.15) is 11.1 Å². The number of rotatable bonds is 6. The predicted molar refractivity (Wildman–Crippen MR) is 171 cm³/mol. The first-order chi connectivity index (χ1) is 20.9. The zero-order chi connectivity index (χ0) is 31.3. The van der Waals surface area contributed by atoms with E-state index in [-0.39, 0.29) is 5.56 Å². The second-order valence-electron chi connectivity index (χ2n) is 10.6. The Kier molecular flexibility index (Phi) is 7.39. The zero-order valence-corrected chi connectivity index (χ0v) is 25.4. The number of alkyl halides is 3. The molecule has 0 bridgehead atoms. The van der Waals surface area contributed by atoms with E-state index < -0.39 is 28.5 Å². The maximum Gasteiger partial charge on any atom is 0.534 e. The molecule has 0 heterocycles. The molecule has 0 unspecified atom stereocenters. The van der Waals surface area contributed by atoms with Crippen LogP contribution in [0.15, 0.2) is 121 Å². The Morgan fingerprint density at radius 1 is 0.614 bits per heavy atom. The monoisotopic (exact) mass is 630 g/mol. The molecule has 0 saturated heterocycles. The summed E-state index contributed by atoms with van der Waals surface area (Å²) in [6.45, 7) is 3.71. The van der Waals surface area contributed by atoms with Gasteiger partial charge in [-0.1, -0.05) is 120 Å². The summed E-state index contributed by atoms with van der Waals surface area (Å²) in [6.07, 6.45) is 0. The van der Waals surface area contributed by atoms with Gasteiger partial charge in [0.15, 0.2) is 12.9 Å². The van der Waals surface area contributed by atoms with Crippen LogP contribution in [0, 0.1) is 13.8 Å². The quantitative estimate of drug-likeness (QED) is 0.106. The number of hydrogen-bond acceptors (Lipinski definition) is 4. The van der Waals surface area contributed by atoms with Crippen molar-refractivity contribution < 1.29 is 30.3 Å². The normalized spacial score (nSPS) is 12.5. The van der Waals surface area contributed by atoms with Crippen molar-refractivity contribution in [1.29, 1.82) is 0 Å². The van der Waals surface area contributed by atoms with E-state index in [0.717, 1.165) is 16.5 Å². The van der Waals surface area contributed by atoms with Crippen LogP contribution in [-0.2, 0) is 14.7 Å². The lowest BCUT2D eigenvalue weighted by Crippen LogP contribution is -2.29. The van der Waals surface area contributed by atoms with Gasteiger partial charge in [-0.05, 0) is 47.5 Å². The van der Waals surface area contributed by atoms with Crippen molar-refractivity contribution in [2.24, 2.45) is 0 Å². The van der Waals surface area contributed by atoms with E-state index in [4.69, 9.17) is 4.18 Å². The van der Waals surface area contributed by atoms with E-state index in [9.17, 15) is 21.6 Å². The molecule has 0 atom stereocenters. The van der Waals surface area contributed by atoms with Gasteiger partial charge in [0.1, 0.15) is 0 Å². The fraction of sp³-hybridized carbons (Fsp3) is 0.0857. The van der Waals surface area contributed by atoms with Gasteiger partial charge in [0.05, 0.1) is 0 Å². The van der Waals surface area contributed by atoms with E-state index in [1.165, 1.54) is 12.1 Å². The Bertz CT molecular complexity index is 2150. The van der Waals surface area contributed by atoms with Crippen molar-refractivity contribution in [3.05, 3.63) is 132 Å². The van der Waals surface area contributed by atoms with E-state index in [1.807, 2.05) is 56.3 Å². The van der Waals surface area contributed by atoms with Crippen LogP contribution in [0.25, 0.3) is 32.7 Å². The third-order valence-electron chi connectivity index (χ3n) is 7.61. The predicted octanol–water partition coefficient (Wildman–Crippen LogP) is 8.14. The van der Waals surface area contributed by atoms with Crippen molar-refractivity contribution in [2.75, 3.05) is 0 Å². The number of halogens is 3. The molecule has 222 valence electrons. The summed E-state index contributed by atoms with van der Waals surface area (Å²) in [7, 11) is -9.76. The molecule has 0 aliphatic heterocycles. The molecule has 0 spiro atoms. The van der Waals surface area contributed by atoms with Crippen molar-refractivity contribution in [1.82, 2.24) is 0 Å². The Morgan fingerprint density at radius 2 is 1.07 bits per heavy atom. The van der Waals surface area contributed by atoms with Crippen LogP contribution in [-0.4, -0.2) is 13.9 Å². The molecular formula is C35H26F3O4PS. The zero-order valence-electron chi connectivity index (χ0n) is 23.7.